The molecular formula is C18H24N2O. The van der Waals surface area contributed by atoms with E-state index < -0.39 is 0 Å². The molecule has 1 heterocycles. The molecule has 0 radical (unpaired) electrons. The van der Waals surface area contributed by atoms with Crippen LogP contribution >= 0.6 is 0 Å². The summed E-state index contributed by atoms with van der Waals surface area (Å²) in [7, 11) is 0. The fourth-order valence-electron chi connectivity index (χ4n) is 4.57. The largest absolute Gasteiger partial charge is 0.352 e. The smallest absolute Gasteiger partial charge is 0.234 e. The summed E-state index contributed by atoms with van der Waals surface area (Å²) in [6, 6.07) is 9.07. The van der Waals surface area contributed by atoms with Gasteiger partial charge in [0, 0.05) is 19.1 Å². The first-order valence-electron chi connectivity index (χ1n) is 8.36. The highest BCUT2D eigenvalue weighted by atomic mass is 16.2. The Morgan fingerprint density at radius 2 is 2.05 bits per heavy atom. The lowest BCUT2D eigenvalue weighted by Crippen LogP contribution is -2.45. The van der Waals surface area contributed by atoms with Gasteiger partial charge in [-0.15, -0.1) is 0 Å². The molecular weight excluding hydrogens is 260 g/mol. The Hall–Kier alpha value is -1.35. The Kier molecular flexibility index (Phi) is 3.46. The van der Waals surface area contributed by atoms with Crippen LogP contribution in [0.15, 0.2) is 24.3 Å². The zero-order chi connectivity index (χ0) is 14.2. The number of carbonyl (C=O) groups excluding carboxylic acids is 1. The van der Waals surface area contributed by atoms with E-state index in [1.807, 2.05) is 0 Å². The second-order valence-electron chi connectivity index (χ2n) is 7.08. The Morgan fingerprint density at radius 1 is 1.19 bits per heavy atom. The number of nitrogens with zero attached hydrogens (tertiary/aromatic N) is 1. The minimum Gasteiger partial charge on any atom is -0.352 e. The number of fused-ring (bicyclic) bond motifs is 3. The number of benzene rings is 1. The third-order valence-corrected chi connectivity index (χ3v) is 5.66. The summed E-state index contributed by atoms with van der Waals surface area (Å²) in [5, 5.41) is 3.30. The van der Waals surface area contributed by atoms with Gasteiger partial charge in [-0.3, -0.25) is 9.69 Å². The third kappa shape index (κ3) is 2.71. The topological polar surface area (TPSA) is 32.3 Å². The lowest BCUT2D eigenvalue weighted by molar-refractivity contribution is -0.123. The van der Waals surface area contributed by atoms with Crippen molar-refractivity contribution in [1.29, 1.82) is 0 Å². The number of rotatable bonds is 3. The van der Waals surface area contributed by atoms with E-state index in [-0.39, 0.29) is 5.91 Å². The lowest BCUT2D eigenvalue weighted by atomic mass is 9.95. The van der Waals surface area contributed by atoms with Crippen molar-refractivity contribution in [3.8, 4) is 0 Å². The Balaban J connectivity index is 1.31. The van der Waals surface area contributed by atoms with Crippen LogP contribution in [0.3, 0.4) is 0 Å². The molecule has 3 unspecified atom stereocenters. The fraction of sp³-hybridized carbons (Fsp3) is 0.611. The standard InChI is InChI=1S/C18H24N2O/c21-18(19-17-10-13-5-6-15(17)9-13)12-20-8-7-14-3-1-2-4-16(14)11-20/h1-4,13,15,17H,5-12H2,(H,19,21). The molecule has 2 fully saturated rings. The maximum atomic E-state index is 12.3. The fourth-order valence-corrected chi connectivity index (χ4v) is 4.57. The summed E-state index contributed by atoms with van der Waals surface area (Å²) < 4.78 is 0. The second-order valence-corrected chi connectivity index (χ2v) is 7.08. The highest BCUT2D eigenvalue weighted by Gasteiger charge is 2.40. The van der Waals surface area contributed by atoms with E-state index in [9.17, 15) is 4.79 Å². The van der Waals surface area contributed by atoms with Gasteiger partial charge < -0.3 is 5.32 Å². The number of carbonyl (C=O) groups is 1. The monoisotopic (exact) mass is 284 g/mol. The quantitative estimate of drug-likeness (QED) is 0.924. The van der Waals surface area contributed by atoms with Crippen molar-refractivity contribution in [2.75, 3.05) is 13.1 Å². The highest BCUT2D eigenvalue weighted by Crippen LogP contribution is 2.44. The van der Waals surface area contributed by atoms with Crippen LogP contribution in [0.2, 0.25) is 0 Å². The molecule has 1 amide bonds. The van der Waals surface area contributed by atoms with E-state index in [2.05, 4.69) is 34.5 Å². The summed E-state index contributed by atoms with van der Waals surface area (Å²) in [5.41, 5.74) is 2.83. The molecule has 0 aromatic heterocycles. The van der Waals surface area contributed by atoms with Crippen LogP contribution in [0.5, 0.6) is 0 Å². The Labute approximate surface area is 126 Å². The van der Waals surface area contributed by atoms with Crippen LogP contribution in [-0.4, -0.2) is 29.9 Å². The van der Waals surface area contributed by atoms with Gasteiger partial charge in [0.25, 0.3) is 0 Å². The van der Waals surface area contributed by atoms with Crippen molar-refractivity contribution in [2.45, 2.75) is 44.7 Å². The van der Waals surface area contributed by atoms with E-state index in [0.29, 0.717) is 12.6 Å². The van der Waals surface area contributed by atoms with Crippen LogP contribution in [0, 0.1) is 11.8 Å². The van der Waals surface area contributed by atoms with Crippen molar-refractivity contribution in [3.63, 3.8) is 0 Å². The van der Waals surface area contributed by atoms with E-state index in [1.54, 1.807) is 0 Å². The Bertz CT molecular complexity index is 542. The summed E-state index contributed by atoms with van der Waals surface area (Å²) >= 11 is 0. The molecule has 3 aliphatic rings. The second kappa shape index (κ2) is 5.45. The molecule has 2 aliphatic carbocycles. The summed E-state index contributed by atoms with van der Waals surface area (Å²) in [6.45, 7) is 2.48. The number of hydrogen-bond donors (Lipinski definition) is 1. The minimum absolute atomic E-state index is 0.229. The zero-order valence-corrected chi connectivity index (χ0v) is 12.6. The summed E-state index contributed by atoms with van der Waals surface area (Å²) in [5.74, 6) is 1.88. The number of amides is 1. The normalized spacial score (nSPS) is 31.1. The third-order valence-electron chi connectivity index (χ3n) is 5.66. The molecule has 0 saturated heterocycles. The highest BCUT2D eigenvalue weighted by molar-refractivity contribution is 5.78. The van der Waals surface area contributed by atoms with Gasteiger partial charge in [0.1, 0.15) is 0 Å². The van der Waals surface area contributed by atoms with Gasteiger partial charge in [0.2, 0.25) is 5.91 Å². The molecule has 1 N–H and O–H groups in total. The first-order valence-corrected chi connectivity index (χ1v) is 8.36. The van der Waals surface area contributed by atoms with E-state index in [0.717, 1.165) is 31.3 Å². The number of hydrogen-bond acceptors (Lipinski definition) is 2. The van der Waals surface area contributed by atoms with Gasteiger partial charge in [0.05, 0.1) is 6.54 Å². The maximum Gasteiger partial charge on any atom is 0.234 e. The van der Waals surface area contributed by atoms with Gasteiger partial charge in [-0.1, -0.05) is 30.7 Å². The molecule has 3 heteroatoms. The van der Waals surface area contributed by atoms with Crippen LogP contribution in [-0.2, 0) is 17.8 Å². The van der Waals surface area contributed by atoms with E-state index >= 15 is 0 Å². The van der Waals surface area contributed by atoms with E-state index in [4.69, 9.17) is 0 Å². The average Bonchev–Trinajstić information content (AvgIpc) is 3.09. The molecule has 1 aliphatic heterocycles. The summed E-state index contributed by atoms with van der Waals surface area (Å²) in [6.07, 6.45) is 6.35. The van der Waals surface area contributed by atoms with Gasteiger partial charge in [0.15, 0.2) is 0 Å². The lowest BCUT2D eigenvalue weighted by Gasteiger charge is -2.29. The van der Waals surface area contributed by atoms with Gasteiger partial charge in [-0.2, -0.15) is 0 Å². The van der Waals surface area contributed by atoms with Crippen LogP contribution in [0.25, 0.3) is 0 Å². The predicted octanol–water partition coefficient (Wildman–Crippen LogP) is 2.35. The van der Waals surface area contributed by atoms with Crippen molar-refractivity contribution in [3.05, 3.63) is 35.4 Å². The molecule has 1 aromatic rings. The van der Waals surface area contributed by atoms with Gasteiger partial charge in [-0.25, -0.2) is 0 Å². The van der Waals surface area contributed by atoms with Crippen LogP contribution in [0.1, 0.15) is 36.8 Å². The molecule has 2 bridgehead atoms. The summed E-state index contributed by atoms with van der Waals surface area (Å²) in [4.78, 5) is 14.6. The first-order chi connectivity index (χ1) is 10.3. The molecule has 4 rings (SSSR count). The van der Waals surface area contributed by atoms with Gasteiger partial charge in [-0.05, 0) is 48.6 Å². The van der Waals surface area contributed by atoms with Crippen LogP contribution < -0.4 is 5.32 Å². The van der Waals surface area contributed by atoms with Crippen LogP contribution in [0.4, 0.5) is 0 Å². The Morgan fingerprint density at radius 3 is 2.81 bits per heavy atom. The van der Waals surface area contributed by atoms with Crippen molar-refractivity contribution >= 4 is 5.91 Å². The molecule has 2 saturated carbocycles. The first kappa shape index (κ1) is 13.3. The molecule has 1 aromatic carbocycles. The van der Waals surface area contributed by atoms with E-state index in [1.165, 1.54) is 36.8 Å². The minimum atomic E-state index is 0.229. The van der Waals surface area contributed by atoms with Crippen molar-refractivity contribution in [1.82, 2.24) is 10.2 Å². The van der Waals surface area contributed by atoms with Gasteiger partial charge >= 0.3 is 0 Å². The predicted molar refractivity (Wildman–Crippen MR) is 82.8 cm³/mol. The van der Waals surface area contributed by atoms with Crippen molar-refractivity contribution < 1.29 is 4.79 Å². The zero-order valence-electron chi connectivity index (χ0n) is 12.6. The maximum absolute atomic E-state index is 12.3. The average molecular weight is 284 g/mol. The SMILES string of the molecule is O=C(CN1CCc2ccccc2C1)NC1CC2CCC1C2. The molecule has 3 atom stereocenters. The molecule has 3 nitrogen and oxygen atoms in total. The molecule has 112 valence electrons. The molecule has 21 heavy (non-hydrogen) atoms. The molecule has 0 spiro atoms. The number of nitrogens with one attached hydrogen (secondary N) is 1. The van der Waals surface area contributed by atoms with Crippen molar-refractivity contribution in [2.24, 2.45) is 11.8 Å².